The van der Waals surface area contributed by atoms with Crippen molar-refractivity contribution in [3.8, 4) is 0 Å². The number of amides is 2. The number of aryl methyl sites for hydroxylation is 3. The van der Waals surface area contributed by atoms with E-state index in [-0.39, 0.29) is 58.1 Å². The number of nitro groups is 1. The summed E-state index contributed by atoms with van der Waals surface area (Å²) in [6.07, 6.45) is 13.7. The summed E-state index contributed by atoms with van der Waals surface area (Å²) in [5.41, 5.74) is 11.3. The summed E-state index contributed by atoms with van der Waals surface area (Å²) >= 11 is 0. The van der Waals surface area contributed by atoms with Gasteiger partial charge in [0, 0.05) is 75.8 Å². The van der Waals surface area contributed by atoms with E-state index in [2.05, 4.69) is 68.5 Å². The number of carbonyl (C=O) groups is 3. The van der Waals surface area contributed by atoms with Crippen molar-refractivity contribution in [1.29, 1.82) is 0 Å². The van der Waals surface area contributed by atoms with E-state index in [1.54, 1.807) is 99.9 Å². The predicted octanol–water partition coefficient (Wildman–Crippen LogP) is 11.1. The van der Waals surface area contributed by atoms with Gasteiger partial charge in [-0.15, -0.1) is 0 Å². The number of nitro benzene ring substituents is 1. The first-order chi connectivity index (χ1) is 43.0. The number of fused-ring (bicyclic) bond motifs is 4. The SMILES string of the molecule is CC1CC(C(C)(C)O)C1.Cc1cccc(C(=O)NC2=CC3C=NNC3C=C2F)n1.Cc1cccc(C(=O)Nc2cc3cn(C4CC(C(C)(C)O)C4)nc3cc2F)n1.Cc1cccc(C(=O)O)n1.Nc1cc2cn[nH]c2cc1F.O=[N+]([O-])c1cc2cn[nH]c2cc1F. The van der Waals surface area contributed by atoms with E-state index in [1.165, 1.54) is 43.3 Å². The lowest BCUT2D eigenvalue weighted by Gasteiger charge is -2.42. The number of halogens is 4. The third-order valence-corrected chi connectivity index (χ3v) is 15.4. The van der Waals surface area contributed by atoms with Crippen LogP contribution in [0.4, 0.5) is 34.6 Å². The Balaban J connectivity index is 0.000000149. The summed E-state index contributed by atoms with van der Waals surface area (Å²) in [6, 6.07) is 23.2. The lowest BCUT2D eigenvalue weighted by atomic mass is 9.68. The van der Waals surface area contributed by atoms with Crippen molar-refractivity contribution >= 4 is 73.8 Å². The van der Waals surface area contributed by atoms with Gasteiger partial charge in [0.25, 0.3) is 11.8 Å². The number of hydrazone groups is 1. The monoisotopic (exact) mass is 1250 g/mol. The predicted molar refractivity (Wildman–Crippen MR) is 335 cm³/mol. The summed E-state index contributed by atoms with van der Waals surface area (Å²) in [5, 5.41) is 66.4. The van der Waals surface area contributed by atoms with Gasteiger partial charge in [-0.25, -0.2) is 32.9 Å². The molecule has 10 N–H and O–H groups in total. The maximum atomic E-state index is 14.5. The third kappa shape index (κ3) is 17.5. The van der Waals surface area contributed by atoms with Gasteiger partial charge >= 0.3 is 11.7 Å². The van der Waals surface area contributed by atoms with Gasteiger partial charge in [-0.05, 0) is 153 Å². The maximum Gasteiger partial charge on any atom is 0.354 e. The average molecular weight is 1250 g/mol. The maximum absolute atomic E-state index is 14.5. The highest BCUT2D eigenvalue weighted by molar-refractivity contribution is 6.04. The number of nitrogens with one attached hydrogen (secondary N) is 5. The van der Waals surface area contributed by atoms with Crippen LogP contribution in [0.2, 0.25) is 0 Å². The molecule has 27 heteroatoms. The van der Waals surface area contributed by atoms with Crippen LogP contribution >= 0.6 is 0 Å². The number of allylic oxidation sites excluding steroid dienone is 1. The van der Waals surface area contributed by atoms with Gasteiger partial charge in [0.15, 0.2) is 0 Å². The molecule has 91 heavy (non-hydrogen) atoms. The van der Waals surface area contributed by atoms with Gasteiger partial charge in [0.2, 0.25) is 5.82 Å². The van der Waals surface area contributed by atoms with E-state index in [9.17, 15) is 52.3 Å². The van der Waals surface area contributed by atoms with Gasteiger partial charge in [-0.1, -0.05) is 25.1 Å². The largest absolute Gasteiger partial charge is 0.477 e. The number of benzene rings is 3. The molecule has 13 rings (SSSR count). The van der Waals surface area contributed by atoms with E-state index < -0.39 is 62.9 Å². The van der Waals surface area contributed by atoms with Crippen LogP contribution in [0.25, 0.3) is 32.7 Å². The standard InChI is InChI=1S/C21H23FN4O2.C14H13FN4O.C8H16O.C7H4FN3O2.C7H6FN3.C7H7NO2/c1-12-5-4-6-17(23-12)20(27)24-19-7-13-11-26(25-18(13)10-16(19)22)15-8-14(9-15)21(2,3)28;1-8-3-2-4-11(17-8)14(20)18-13-5-9-7-16-19-12(9)6-10(13)15;1-6-4-7(5-6)8(2,3)9;8-5-2-6-4(3-9-10-6)1-7(5)11(12)13;8-5-2-7-4(1-6(5)9)3-10-11-7;1-5-3-2-4-6(8-5)7(9)10/h4-7,10-11,14-15,28H,8-9H2,1-3H3,(H,24,27);2-7,9,12,19H,1H3,(H,18,20);6-7,9H,4-5H2,1-3H3;1-3H,(H,9,10);1-3H,9H2,(H,10,11);2-4H,1H3,(H,9,10). The number of nitrogen functional groups attached to an aromatic ring is 1. The zero-order chi connectivity index (χ0) is 66.1. The Kier molecular flexibility index (Phi) is 20.9. The number of aromatic carboxylic acids is 1. The number of H-pyrrole nitrogens is 2. The number of pyridine rings is 3. The van der Waals surface area contributed by atoms with Crippen molar-refractivity contribution in [2.24, 2.45) is 28.8 Å². The fourth-order valence-corrected chi connectivity index (χ4v) is 9.97. The highest BCUT2D eigenvalue weighted by Gasteiger charge is 2.40. The minimum absolute atomic E-state index is 0.0460. The Morgan fingerprint density at radius 2 is 1.22 bits per heavy atom. The van der Waals surface area contributed by atoms with Crippen molar-refractivity contribution in [3.63, 3.8) is 0 Å². The zero-order valence-electron chi connectivity index (χ0n) is 50.9. The number of nitrogens with two attached hydrogens (primary N) is 1. The second-order valence-electron chi connectivity index (χ2n) is 23.6. The van der Waals surface area contributed by atoms with E-state index >= 15 is 0 Å². The molecule has 7 heterocycles. The molecule has 0 radical (unpaired) electrons. The van der Waals surface area contributed by atoms with Crippen LogP contribution in [0, 0.1) is 72.0 Å². The van der Waals surface area contributed by atoms with Crippen molar-refractivity contribution in [3.05, 3.63) is 195 Å². The first kappa shape index (κ1) is 66.7. The van der Waals surface area contributed by atoms with Crippen LogP contribution in [0.15, 0.2) is 138 Å². The van der Waals surface area contributed by atoms with Crippen molar-refractivity contribution in [2.45, 2.75) is 104 Å². The Labute approximate surface area is 519 Å². The molecule has 0 bridgehead atoms. The molecular formula is C64H69F4N15O8. The number of nitrogens with zero attached hydrogens (tertiary/aromatic N) is 9. The minimum Gasteiger partial charge on any atom is -0.477 e. The summed E-state index contributed by atoms with van der Waals surface area (Å²) in [7, 11) is 0. The summed E-state index contributed by atoms with van der Waals surface area (Å²) in [6.45, 7) is 15.0. The molecule has 2 unspecified atom stereocenters. The smallest absolute Gasteiger partial charge is 0.354 e. The Hall–Kier alpha value is -10.3. The number of rotatable bonds is 9. The van der Waals surface area contributed by atoms with E-state index in [0.717, 1.165) is 58.7 Å². The molecule has 1 aliphatic heterocycles. The number of carboxylic acids is 1. The summed E-state index contributed by atoms with van der Waals surface area (Å²) in [4.78, 5) is 56.3. The van der Waals surface area contributed by atoms with Crippen molar-refractivity contribution in [1.82, 2.24) is 55.9 Å². The Morgan fingerprint density at radius 1 is 0.692 bits per heavy atom. The molecule has 6 aromatic heterocycles. The number of carboxylic acid groups (broad SMARTS) is 1. The van der Waals surface area contributed by atoms with Gasteiger partial charge < -0.3 is 37.1 Å². The fourth-order valence-electron chi connectivity index (χ4n) is 9.97. The molecule has 0 spiro atoms. The number of anilines is 2. The summed E-state index contributed by atoms with van der Waals surface area (Å²) < 4.78 is 55.9. The summed E-state index contributed by atoms with van der Waals surface area (Å²) in [5.74, 6) is -2.55. The second kappa shape index (κ2) is 28.5. The molecule has 9 aromatic rings. The van der Waals surface area contributed by atoms with Crippen LogP contribution < -0.4 is 21.8 Å². The van der Waals surface area contributed by atoms with Gasteiger partial charge in [-0.2, -0.15) is 24.8 Å². The Morgan fingerprint density at radius 3 is 1.74 bits per heavy atom. The number of aliphatic hydroxyl groups is 2. The molecule has 3 aliphatic carbocycles. The van der Waals surface area contributed by atoms with Crippen molar-refractivity contribution < 1.29 is 52.2 Å². The average Bonchev–Trinajstić information content (AvgIpc) is 1.69. The third-order valence-electron chi connectivity index (χ3n) is 15.4. The molecule has 2 saturated carbocycles. The first-order valence-electron chi connectivity index (χ1n) is 28.8. The second-order valence-corrected chi connectivity index (χ2v) is 23.6. The number of aromatic amines is 2. The van der Waals surface area contributed by atoms with Gasteiger partial charge in [-0.3, -0.25) is 34.6 Å². The number of carbonyl (C=O) groups excluding carboxylic acids is 2. The quantitative estimate of drug-likeness (QED) is 0.0281. The molecule has 3 aromatic carbocycles. The molecular weight excluding hydrogens is 1180 g/mol. The van der Waals surface area contributed by atoms with Crippen LogP contribution in [-0.2, 0) is 0 Å². The lowest BCUT2D eigenvalue weighted by Crippen LogP contribution is -2.41. The van der Waals surface area contributed by atoms with Crippen LogP contribution in [-0.4, -0.2) is 107 Å². The highest BCUT2D eigenvalue weighted by atomic mass is 19.1. The fraction of sp³-hybridized carbons (Fsp3) is 0.312. The number of hydrogen-bond acceptors (Lipinski definition) is 16. The van der Waals surface area contributed by atoms with E-state index in [4.69, 9.17) is 10.8 Å². The van der Waals surface area contributed by atoms with E-state index in [1.807, 2.05) is 38.6 Å². The highest BCUT2D eigenvalue weighted by Crippen LogP contribution is 2.44. The lowest BCUT2D eigenvalue weighted by molar-refractivity contribution is -0.387. The molecule has 2 atom stereocenters. The minimum atomic E-state index is -0.983. The van der Waals surface area contributed by atoms with Crippen LogP contribution in [0.1, 0.15) is 115 Å². The van der Waals surface area contributed by atoms with Gasteiger partial charge in [0.05, 0.1) is 74.2 Å². The van der Waals surface area contributed by atoms with Crippen LogP contribution in [0.3, 0.4) is 0 Å². The molecule has 2 amide bonds. The zero-order valence-corrected chi connectivity index (χ0v) is 50.9. The van der Waals surface area contributed by atoms with Gasteiger partial charge in [0.1, 0.15) is 34.5 Å². The molecule has 0 saturated heterocycles. The number of hydrogen-bond donors (Lipinski definition) is 9. The van der Waals surface area contributed by atoms with E-state index in [0.29, 0.717) is 27.9 Å². The molecule has 4 aliphatic rings. The van der Waals surface area contributed by atoms with Crippen molar-refractivity contribution in [2.75, 3.05) is 11.1 Å². The molecule has 476 valence electrons. The Bertz CT molecular complexity index is 4180. The topological polar surface area (TPSA) is 343 Å². The van der Waals surface area contributed by atoms with Crippen LogP contribution in [0.5, 0.6) is 0 Å². The first-order valence-corrected chi connectivity index (χ1v) is 28.8. The molecule has 2 fully saturated rings. The number of aromatic nitrogens is 9. The normalized spacial score (nSPS) is 18.5. The molecule has 23 nitrogen and oxygen atoms in total.